The summed E-state index contributed by atoms with van der Waals surface area (Å²) in [7, 11) is 0. The van der Waals surface area contributed by atoms with Crippen molar-refractivity contribution in [2.75, 3.05) is 11.9 Å². The predicted molar refractivity (Wildman–Crippen MR) is 83.5 cm³/mol. The highest BCUT2D eigenvalue weighted by Crippen LogP contribution is 2.35. The van der Waals surface area contributed by atoms with Crippen molar-refractivity contribution in [3.8, 4) is 0 Å². The molecule has 1 aliphatic heterocycles. The zero-order valence-electron chi connectivity index (χ0n) is 12.9. The molecule has 4 amide bonds. The second kappa shape index (κ2) is 6.36. The maximum Gasteiger partial charge on any atom is 0.325 e. The Hall–Kier alpha value is -2.44. The molecule has 7 nitrogen and oxygen atoms in total. The smallest absolute Gasteiger partial charge is 0.323 e. The van der Waals surface area contributed by atoms with Gasteiger partial charge in [-0.1, -0.05) is 18.9 Å². The van der Waals surface area contributed by atoms with Gasteiger partial charge in [-0.15, -0.1) is 0 Å². The fourth-order valence-electron chi connectivity index (χ4n) is 3.24. The fourth-order valence-corrected chi connectivity index (χ4v) is 3.24. The number of aromatic nitrogens is 1. The Bertz CT molecular complexity index is 611. The predicted octanol–water partition coefficient (Wildman–Crippen LogP) is 1.66. The van der Waals surface area contributed by atoms with Gasteiger partial charge in [-0.05, 0) is 31.4 Å². The lowest BCUT2D eigenvalue weighted by molar-refractivity contribution is -0.131. The number of anilines is 1. The molecule has 0 atom stereocenters. The Kier molecular flexibility index (Phi) is 4.27. The molecule has 0 aromatic carbocycles. The Morgan fingerprint density at radius 3 is 2.78 bits per heavy atom. The van der Waals surface area contributed by atoms with E-state index in [1.165, 1.54) is 4.90 Å². The van der Waals surface area contributed by atoms with E-state index in [4.69, 9.17) is 0 Å². The maximum absolute atomic E-state index is 12.4. The summed E-state index contributed by atoms with van der Waals surface area (Å²) in [6, 6.07) is 4.93. The van der Waals surface area contributed by atoms with Gasteiger partial charge in [-0.2, -0.15) is 0 Å². The molecule has 23 heavy (non-hydrogen) atoms. The van der Waals surface area contributed by atoms with Crippen LogP contribution in [-0.2, 0) is 9.59 Å². The van der Waals surface area contributed by atoms with Gasteiger partial charge in [0, 0.05) is 19.2 Å². The second-order valence-corrected chi connectivity index (χ2v) is 6.04. The molecule has 2 heterocycles. The Labute approximate surface area is 134 Å². The molecule has 1 aromatic rings. The van der Waals surface area contributed by atoms with Gasteiger partial charge in [0.05, 0.1) is 0 Å². The lowest BCUT2D eigenvalue weighted by atomic mass is 9.98. The number of nitrogens with zero attached hydrogens (tertiary/aromatic N) is 2. The molecule has 0 bridgehead atoms. The van der Waals surface area contributed by atoms with E-state index in [2.05, 4.69) is 15.6 Å². The van der Waals surface area contributed by atoms with Gasteiger partial charge in [0.15, 0.2) is 0 Å². The van der Waals surface area contributed by atoms with Crippen molar-refractivity contribution in [3.05, 3.63) is 24.4 Å². The second-order valence-electron chi connectivity index (χ2n) is 6.04. The number of hydrogen-bond donors (Lipinski definition) is 2. The first-order chi connectivity index (χ1) is 11.1. The minimum absolute atomic E-state index is 0.134. The number of imide groups is 1. The van der Waals surface area contributed by atoms with Crippen LogP contribution in [0.1, 0.15) is 38.5 Å². The topological polar surface area (TPSA) is 91.4 Å². The minimum Gasteiger partial charge on any atom is -0.323 e. The van der Waals surface area contributed by atoms with Crippen LogP contribution in [0.3, 0.4) is 0 Å². The molecular formula is C16H20N4O3. The van der Waals surface area contributed by atoms with E-state index < -0.39 is 5.54 Å². The summed E-state index contributed by atoms with van der Waals surface area (Å²) in [5.74, 6) is 0.189. The van der Waals surface area contributed by atoms with E-state index in [1.807, 2.05) is 0 Å². The summed E-state index contributed by atoms with van der Waals surface area (Å²) in [6.07, 6.45) is 5.64. The van der Waals surface area contributed by atoms with Gasteiger partial charge < -0.3 is 10.6 Å². The van der Waals surface area contributed by atoms with Gasteiger partial charge in [-0.25, -0.2) is 9.78 Å². The lowest BCUT2D eigenvalue weighted by Crippen LogP contribution is -2.44. The normalized spacial score (nSPS) is 19.2. The summed E-state index contributed by atoms with van der Waals surface area (Å²) in [6.45, 7) is 0.266. The lowest BCUT2D eigenvalue weighted by Gasteiger charge is -2.19. The molecular weight excluding hydrogens is 296 g/mol. The first-order valence-corrected chi connectivity index (χ1v) is 7.96. The van der Waals surface area contributed by atoms with Crippen LogP contribution in [0, 0.1) is 0 Å². The highest BCUT2D eigenvalue weighted by molar-refractivity contribution is 6.07. The molecule has 3 rings (SSSR count). The summed E-state index contributed by atoms with van der Waals surface area (Å²) < 4.78 is 0. The zero-order chi connectivity index (χ0) is 16.3. The molecule has 122 valence electrons. The first kappa shape index (κ1) is 15.5. The van der Waals surface area contributed by atoms with E-state index in [1.54, 1.807) is 24.4 Å². The quantitative estimate of drug-likeness (QED) is 0.808. The molecule has 2 fully saturated rings. The molecule has 1 spiro atoms. The fraction of sp³-hybridized carbons (Fsp3) is 0.500. The van der Waals surface area contributed by atoms with Crippen molar-refractivity contribution < 1.29 is 14.4 Å². The standard InChI is InChI=1S/C16H20N4O3/c21-13(18-12-6-1-4-10-17-12)7-5-11-20-14(22)16(19-15(20)23)8-2-3-9-16/h1,4,6,10H,2-3,5,7-9,11H2,(H,19,23)(H,17,18,21). The molecule has 1 aromatic heterocycles. The van der Waals surface area contributed by atoms with Gasteiger partial charge >= 0.3 is 6.03 Å². The average Bonchev–Trinajstić information content (AvgIpc) is 3.09. The first-order valence-electron chi connectivity index (χ1n) is 7.96. The van der Waals surface area contributed by atoms with Crippen LogP contribution < -0.4 is 10.6 Å². The van der Waals surface area contributed by atoms with Crippen LogP contribution in [0.25, 0.3) is 0 Å². The maximum atomic E-state index is 12.4. The summed E-state index contributed by atoms with van der Waals surface area (Å²) in [5.41, 5.74) is -0.673. The molecule has 7 heteroatoms. The average molecular weight is 316 g/mol. The van der Waals surface area contributed by atoms with Crippen LogP contribution in [0.4, 0.5) is 10.6 Å². The monoisotopic (exact) mass is 316 g/mol. The number of urea groups is 1. The number of pyridine rings is 1. The Morgan fingerprint density at radius 2 is 2.09 bits per heavy atom. The number of carbonyl (C=O) groups is 3. The third-order valence-corrected chi connectivity index (χ3v) is 4.42. The van der Waals surface area contributed by atoms with Gasteiger partial charge in [0.1, 0.15) is 11.4 Å². The van der Waals surface area contributed by atoms with E-state index in [-0.39, 0.29) is 30.8 Å². The van der Waals surface area contributed by atoms with E-state index in [0.717, 1.165) is 12.8 Å². The largest absolute Gasteiger partial charge is 0.325 e. The van der Waals surface area contributed by atoms with Crippen molar-refractivity contribution >= 4 is 23.7 Å². The van der Waals surface area contributed by atoms with Crippen LogP contribution in [-0.4, -0.2) is 39.8 Å². The molecule has 2 N–H and O–H groups in total. The Morgan fingerprint density at radius 1 is 1.30 bits per heavy atom. The number of rotatable bonds is 5. The van der Waals surface area contributed by atoms with E-state index >= 15 is 0 Å². The Balaban J connectivity index is 1.48. The summed E-state index contributed by atoms with van der Waals surface area (Å²) in [4.78, 5) is 41.5. The van der Waals surface area contributed by atoms with Gasteiger partial charge in [-0.3, -0.25) is 14.5 Å². The van der Waals surface area contributed by atoms with Crippen molar-refractivity contribution in [3.63, 3.8) is 0 Å². The molecule has 1 saturated carbocycles. The summed E-state index contributed by atoms with van der Waals surface area (Å²) >= 11 is 0. The third-order valence-electron chi connectivity index (χ3n) is 4.42. The van der Waals surface area contributed by atoms with Crippen LogP contribution in [0.2, 0.25) is 0 Å². The van der Waals surface area contributed by atoms with Gasteiger partial charge in [0.25, 0.3) is 5.91 Å². The van der Waals surface area contributed by atoms with Crippen molar-refractivity contribution in [2.45, 2.75) is 44.1 Å². The summed E-state index contributed by atoms with van der Waals surface area (Å²) in [5, 5.41) is 5.52. The molecule has 0 radical (unpaired) electrons. The highest BCUT2D eigenvalue weighted by atomic mass is 16.2. The molecule has 0 unspecified atom stereocenters. The van der Waals surface area contributed by atoms with Crippen LogP contribution in [0.5, 0.6) is 0 Å². The molecule has 1 saturated heterocycles. The van der Waals surface area contributed by atoms with Crippen molar-refractivity contribution in [1.29, 1.82) is 0 Å². The number of hydrogen-bond acceptors (Lipinski definition) is 4. The van der Waals surface area contributed by atoms with Crippen molar-refractivity contribution in [1.82, 2.24) is 15.2 Å². The molecule has 1 aliphatic carbocycles. The van der Waals surface area contributed by atoms with E-state index in [9.17, 15) is 14.4 Å². The third kappa shape index (κ3) is 3.18. The number of nitrogens with one attached hydrogen (secondary N) is 2. The van der Waals surface area contributed by atoms with Crippen molar-refractivity contribution in [2.24, 2.45) is 0 Å². The van der Waals surface area contributed by atoms with E-state index in [0.29, 0.717) is 25.1 Å². The van der Waals surface area contributed by atoms with Crippen LogP contribution in [0.15, 0.2) is 24.4 Å². The number of carbonyl (C=O) groups excluding carboxylic acids is 3. The molecule has 2 aliphatic rings. The minimum atomic E-state index is -0.673. The van der Waals surface area contributed by atoms with Gasteiger partial charge in [0.2, 0.25) is 5.91 Å². The number of amides is 4. The SMILES string of the molecule is O=C(CCCN1C(=O)NC2(CCCC2)C1=O)Nc1ccccn1. The zero-order valence-corrected chi connectivity index (χ0v) is 12.9. The van der Waals surface area contributed by atoms with Crippen LogP contribution >= 0.6 is 0 Å². The highest BCUT2D eigenvalue weighted by Gasteiger charge is 2.51.